The highest BCUT2D eigenvalue weighted by molar-refractivity contribution is 6.01. The predicted molar refractivity (Wildman–Crippen MR) is 93.6 cm³/mol. The summed E-state index contributed by atoms with van der Waals surface area (Å²) in [6.45, 7) is 15.1. The van der Waals surface area contributed by atoms with E-state index in [2.05, 4.69) is 35.8 Å². The van der Waals surface area contributed by atoms with Crippen LogP contribution in [-0.4, -0.2) is 30.7 Å². The summed E-state index contributed by atoms with van der Waals surface area (Å²) in [6, 6.07) is 0.227. The van der Waals surface area contributed by atoms with Gasteiger partial charge >= 0.3 is 0 Å². The SMILES string of the molecule is C=CC(=O)N(Cc1cn(C(C)C)nn1)c1cnn(CC(C)C)c1C. The summed E-state index contributed by atoms with van der Waals surface area (Å²) in [4.78, 5) is 14.0. The lowest BCUT2D eigenvalue weighted by atomic mass is 10.2. The van der Waals surface area contributed by atoms with Gasteiger partial charge in [0.1, 0.15) is 5.69 Å². The molecule has 0 unspecified atom stereocenters. The van der Waals surface area contributed by atoms with Crippen LogP contribution in [0.4, 0.5) is 5.69 Å². The van der Waals surface area contributed by atoms with Gasteiger partial charge in [-0.15, -0.1) is 5.10 Å². The topological polar surface area (TPSA) is 68.8 Å². The minimum absolute atomic E-state index is 0.179. The number of nitrogens with zero attached hydrogens (tertiary/aromatic N) is 6. The molecule has 0 saturated carbocycles. The highest BCUT2D eigenvalue weighted by Gasteiger charge is 2.20. The van der Waals surface area contributed by atoms with Crippen molar-refractivity contribution in [2.75, 3.05) is 4.90 Å². The third-order valence-corrected chi connectivity index (χ3v) is 3.75. The maximum atomic E-state index is 12.4. The van der Waals surface area contributed by atoms with Gasteiger partial charge in [0.25, 0.3) is 5.91 Å². The van der Waals surface area contributed by atoms with Gasteiger partial charge in [0.15, 0.2) is 0 Å². The summed E-state index contributed by atoms with van der Waals surface area (Å²) < 4.78 is 3.70. The van der Waals surface area contributed by atoms with Crippen molar-refractivity contribution in [2.24, 2.45) is 5.92 Å². The second-order valence-electron chi connectivity index (χ2n) is 6.60. The molecule has 0 fully saturated rings. The summed E-state index contributed by atoms with van der Waals surface area (Å²) in [5.74, 6) is 0.298. The lowest BCUT2D eigenvalue weighted by Crippen LogP contribution is -2.29. The summed E-state index contributed by atoms with van der Waals surface area (Å²) in [6.07, 6.45) is 4.90. The van der Waals surface area contributed by atoms with Gasteiger partial charge in [-0.25, -0.2) is 4.68 Å². The van der Waals surface area contributed by atoms with Crippen molar-refractivity contribution in [3.8, 4) is 0 Å². The van der Waals surface area contributed by atoms with Crippen molar-refractivity contribution >= 4 is 11.6 Å². The van der Waals surface area contributed by atoms with Crippen LogP contribution < -0.4 is 4.90 Å². The Labute approximate surface area is 143 Å². The average Bonchev–Trinajstić information content (AvgIpc) is 3.12. The average molecular weight is 330 g/mol. The van der Waals surface area contributed by atoms with Crippen molar-refractivity contribution < 1.29 is 4.79 Å². The lowest BCUT2D eigenvalue weighted by Gasteiger charge is -2.20. The molecule has 0 N–H and O–H groups in total. The molecule has 0 aliphatic rings. The Morgan fingerprint density at radius 3 is 2.62 bits per heavy atom. The maximum absolute atomic E-state index is 12.4. The molecule has 0 spiro atoms. The number of hydrogen-bond acceptors (Lipinski definition) is 4. The largest absolute Gasteiger partial charge is 0.299 e. The Bertz CT molecular complexity index is 712. The van der Waals surface area contributed by atoms with Gasteiger partial charge in [0.2, 0.25) is 0 Å². The Kier molecular flexibility index (Phi) is 5.54. The van der Waals surface area contributed by atoms with Crippen LogP contribution in [0.2, 0.25) is 0 Å². The van der Waals surface area contributed by atoms with E-state index in [0.29, 0.717) is 12.5 Å². The zero-order valence-electron chi connectivity index (χ0n) is 15.1. The van der Waals surface area contributed by atoms with Crippen LogP contribution in [0.5, 0.6) is 0 Å². The first kappa shape index (κ1) is 17.9. The van der Waals surface area contributed by atoms with Crippen LogP contribution in [0, 0.1) is 12.8 Å². The van der Waals surface area contributed by atoms with Gasteiger partial charge in [0, 0.05) is 12.6 Å². The van der Waals surface area contributed by atoms with Crippen molar-refractivity contribution in [1.29, 1.82) is 0 Å². The van der Waals surface area contributed by atoms with Crippen LogP contribution in [0.1, 0.15) is 45.1 Å². The molecule has 0 aromatic carbocycles. The molecule has 1 amide bonds. The number of hydrogen-bond donors (Lipinski definition) is 0. The molecule has 24 heavy (non-hydrogen) atoms. The first-order chi connectivity index (χ1) is 11.3. The standard InChI is InChI=1S/C17H26N6O/c1-7-17(24)21(10-15-11-22(13(4)5)20-19-15)16-8-18-23(14(16)6)9-12(2)3/h7-8,11-13H,1,9-10H2,2-6H3. The zero-order chi connectivity index (χ0) is 17.9. The predicted octanol–water partition coefficient (Wildman–Crippen LogP) is 2.74. The smallest absolute Gasteiger partial charge is 0.250 e. The molecule has 7 nitrogen and oxygen atoms in total. The first-order valence-electron chi connectivity index (χ1n) is 8.20. The minimum atomic E-state index is -0.179. The van der Waals surface area contributed by atoms with Crippen molar-refractivity contribution in [3.63, 3.8) is 0 Å². The molecular weight excluding hydrogens is 304 g/mol. The van der Waals surface area contributed by atoms with Gasteiger partial charge in [-0.3, -0.25) is 14.4 Å². The van der Waals surface area contributed by atoms with Crippen LogP contribution >= 0.6 is 0 Å². The number of anilines is 1. The number of amides is 1. The van der Waals surface area contributed by atoms with Gasteiger partial charge in [0.05, 0.1) is 30.3 Å². The van der Waals surface area contributed by atoms with E-state index in [0.717, 1.165) is 23.6 Å². The molecule has 2 heterocycles. The Hall–Kier alpha value is -2.44. The molecule has 2 aromatic rings. The summed E-state index contributed by atoms with van der Waals surface area (Å²) in [5.41, 5.74) is 2.46. The lowest BCUT2D eigenvalue weighted by molar-refractivity contribution is -0.114. The first-order valence-corrected chi connectivity index (χ1v) is 8.20. The van der Waals surface area contributed by atoms with Crippen molar-refractivity contribution in [2.45, 2.75) is 53.8 Å². The molecule has 0 saturated heterocycles. The van der Waals surface area contributed by atoms with E-state index in [4.69, 9.17) is 0 Å². The van der Waals surface area contributed by atoms with Gasteiger partial charge < -0.3 is 0 Å². The van der Waals surface area contributed by atoms with E-state index in [1.807, 2.05) is 31.6 Å². The van der Waals surface area contributed by atoms with Crippen LogP contribution in [-0.2, 0) is 17.9 Å². The summed E-state index contributed by atoms with van der Waals surface area (Å²) in [7, 11) is 0. The van der Waals surface area contributed by atoms with Crippen molar-refractivity contribution in [3.05, 3.63) is 36.4 Å². The molecule has 0 radical (unpaired) electrons. The minimum Gasteiger partial charge on any atom is -0.299 e. The molecule has 0 aliphatic carbocycles. The number of aromatic nitrogens is 5. The fourth-order valence-corrected chi connectivity index (χ4v) is 2.42. The molecule has 130 valence electrons. The summed E-state index contributed by atoms with van der Waals surface area (Å²) in [5, 5.41) is 12.7. The third kappa shape index (κ3) is 3.90. The highest BCUT2D eigenvalue weighted by atomic mass is 16.2. The second-order valence-corrected chi connectivity index (χ2v) is 6.60. The normalized spacial score (nSPS) is 11.3. The van der Waals surface area contributed by atoms with Crippen LogP contribution in [0.25, 0.3) is 0 Å². The van der Waals surface area contributed by atoms with Crippen LogP contribution in [0.15, 0.2) is 25.0 Å². The zero-order valence-corrected chi connectivity index (χ0v) is 15.1. The molecule has 2 aromatic heterocycles. The highest BCUT2D eigenvalue weighted by Crippen LogP contribution is 2.22. The molecule has 0 aliphatic heterocycles. The molecule has 0 atom stereocenters. The van der Waals surface area contributed by atoms with Gasteiger partial charge in [-0.1, -0.05) is 25.6 Å². The Morgan fingerprint density at radius 2 is 2.08 bits per heavy atom. The fraction of sp³-hybridized carbons (Fsp3) is 0.529. The Balaban J connectivity index is 2.30. The third-order valence-electron chi connectivity index (χ3n) is 3.75. The van der Waals surface area contributed by atoms with E-state index in [1.54, 1.807) is 15.8 Å². The Morgan fingerprint density at radius 1 is 1.38 bits per heavy atom. The quantitative estimate of drug-likeness (QED) is 0.732. The van der Waals surface area contributed by atoms with Gasteiger partial charge in [-0.05, 0) is 32.8 Å². The molecule has 2 rings (SSSR count). The second kappa shape index (κ2) is 7.42. The molecule has 7 heteroatoms. The number of rotatable bonds is 7. The number of carbonyl (C=O) groups excluding carboxylic acids is 1. The maximum Gasteiger partial charge on any atom is 0.250 e. The fourth-order valence-electron chi connectivity index (χ4n) is 2.42. The summed E-state index contributed by atoms with van der Waals surface area (Å²) >= 11 is 0. The van der Waals surface area contributed by atoms with E-state index in [1.165, 1.54) is 6.08 Å². The van der Waals surface area contributed by atoms with E-state index < -0.39 is 0 Å². The number of carbonyl (C=O) groups is 1. The van der Waals surface area contributed by atoms with Crippen LogP contribution in [0.3, 0.4) is 0 Å². The van der Waals surface area contributed by atoms with E-state index in [-0.39, 0.29) is 11.9 Å². The van der Waals surface area contributed by atoms with E-state index in [9.17, 15) is 4.79 Å². The molecular formula is C17H26N6O. The van der Waals surface area contributed by atoms with E-state index >= 15 is 0 Å². The van der Waals surface area contributed by atoms with Crippen molar-refractivity contribution in [1.82, 2.24) is 24.8 Å². The molecule has 0 bridgehead atoms. The van der Waals surface area contributed by atoms with Gasteiger partial charge in [-0.2, -0.15) is 5.10 Å². The monoisotopic (exact) mass is 330 g/mol.